The third kappa shape index (κ3) is 3.40. The molecule has 2 rings (SSSR count). The van der Waals surface area contributed by atoms with Crippen molar-refractivity contribution in [3.8, 4) is 11.5 Å². The standard InChI is InChI=1S/C13H16ClN3O3/c1-8-16-12(20-17-8)7-19-13-10(14)4-9(6-15-2)5-11(13)18-3/h4-5,15H,6-7H2,1-3H3. The quantitative estimate of drug-likeness (QED) is 0.882. The van der Waals surface area contributed by atoms with Crippen molar-refractivity contribution in [1.29, 1.82) is 0 Å². The minimum Gasteiger partial charge on any atom is -0.493 e. The van der Waals surface area contributed by atoms with Crippen molar-refractivity contribution in [1.82, 2.24) is 15.5 Å². The van der Waals surface area contributed by atoms with Crippen molar-refractivity contribution < 1.29 is 14.0 Å². The Hall–Kier alpha value is -1.79. The summed E-state index contributed by atoms with van der Waals surface area (Å²) in [5, 5.41) is 7.23. The molecule has 20 heavy (non-hydrogen) atoms. The van der Waals surface area contributed by atoms with Crippen LogP contribution in [0.4, 0.5) is 0 Å². The minimum absolute atomic E-state index is 0.141. The van der Waals surface area contributed by atoms with Gasteiger partial charge in [-0.05, 0) is 31.7 Å². The van der Waals surface area contributed by atoms with Gasteiger partial charge in [-0.3, -0.25) is 0 Å². The highest BCUT2D eigenvalue weighted by atomic mass is 35.5. The highest BCUT2D eigenvalue weighted by Crippen LogP contribution is 2.36. The van der Waals surface area contributed by atoms with Crippen LogP contribution in [0.15, 0.2) is 16.7 Å². The van der Waals surface area contributed by atoms with Crippen LogP contribution < -0.4 is 14.8 Å². The summed E-state index contributed by atoms with van der Waals surface area (Å²) >= 11 is 6.22. The van der Waals surface area contributed by atoms with Gasteiger partial charge < -0.3 is 19.3 Å². The molecule has 0 aliphatic carbocycles. The smallest absolute Gasteiger partial charge is 0.264 e. The van der Waals surface area contributed by atoms with Crippen LogP contribution in [0.5, 0.6) is 11.5 Å². The maximum Gasteiger partial charge on any atom is 0.264 e. The normalized spacial score (nSPS) is 10.6. The largest absolute Gasteiger partial charge is 0.493 e. The highest BCUT2D eigenvalue weighted by molar-refractivity contribution is 6.32. The van der Waals surface area contributed by atoms with Crippen LogP contribution >= 0.6 is 11.6 Å². The summed E-state index contributed by atoms with van der Waals surface area (Å²) in [7, 11) is 3.43. The first-order valence-electron chi connectivity index (χ1n) is 6.07. The van der Waals surface area contributed by atoms with E-state index in [9.17, 15) is 0 Å². The van der Waals surface area contributed by atoms with Crippen LogP contribution in [0.3, 0.4) is 0 Å². The number of benzene rings is 1. The van der Waals surface area contributed by atoms with Gasteiger partial charge in [0.1, 0.15) is 0 Å². The second kappa shape index (κ2) is 6.58. The van der Waals surface area contributed by atoms with Crippen molar-refractivity contribution >= 4 is 11.6 Å². The molecular weight excluding hydrogens is 282 g/mol. The number of halogens is 1. The molecule has 0 amide bonds. The van der Waals surface area contributed by atoms with E-state index in [0.717, 1.165) is 5.56 Å². The van der Waals surface area contributed by atoms with Crippen LogP contribution in [0.2, 0.25) is 5.02 Å². The van der Waals surface area contributed by atoms with Gasteiger partial charge in [0.05, 0.1) is 12.1 Å². The zero-order chi connectivity index (χ0) is 14.5. The van der Waals surface area contributed by atoms with Crippen LogP contribution in [-0.2, 0) is 13.2 Å². The summed E-state index contributed by atoms with van der Waals surface area (Å²) in [6.45, 7) is 2.58. The Bertz CT molecular complexity index is 586. The average Bonchev–Trinajstić information content (AvgIpc) is 2.83. The summed E-state index contributed by atoms with van der Waals surface area (Å²) in [5.74, 6) is 1.98. The Morgan fingerprint density at radius 1 is 1.40 bits per heavy atom. The predicted molar refractivity (Wildman–Crippen MR) is 74.1 cm³/mol. The Morgan fingerprint density at radius 2 is 2.20 bits per heavy atom. The average molecular weight is 298 g/mol. The van der Waals surface area contributed by atoms with Gasteiger partial charge in [0.25, 0.3) is 5.89 Å². The maximum atomic E-state index is 6.22. The molecule has 1 aromatic carbocycles. The van der Waals surface area contributed by atoms with E-state index in [4.69, 9.17) is 25.6 Å². The molecule has 6 nitrogen and oxygen atoms in total. The number of aromatic nitrogens is 2. The maximum absolute atomic E-state index is 6.22. The Labute approximate surface area is 122 Å². The topological polar surface area (TPSA) is 69.4 Å². The van der Waals surface area contributed by atoms with Gasteiger partial charge in [-0.1, -0.05) is 16.8 Å². The lowest BCUT2D eigenvalue weighted by atomic mass is 10.2. The van der Waals surface area contributed by atoms with E-state index >= 15 is 0 Å². The highest BCUT2D eigenvalue weighted by Gasteiger charge is 2.13. The Morgan fingerprint density at radius 3 is 2.80 bits per heavy atom. The number of nitrogens with one attached hydrogen (secondary N) is 1. The summed E-state index contributed by atoms with van der Waals surface area (Å²) in [5.41, 5.74) is 1.01. The van der Waals surface area contributed by atoms with Gasteiger partial charge in [0.2, 0.25) is 0 Å². The molecule has 0 saturated carbocycles. The third-order valence-electron chi connectivity index (χ3n) is 2.58. The second-order valence-corrected chi connectivity index (χ2v) is 4.57. The number of ether oxygens (including phenoxy) is 2. The predicted octanol–water partition coefficient (Wildman–Crippen LogP) is 2.34. The van der Waals surface area contributed by atoms with Crippen LogP contribution in [-0.4, -0.2) is 24.3 Å². The molecule has 1 heterocycles. The van der Waals surface area contributed by atoms with E-state index in [1.165, 1.54) is 0 Å². The molecule has 1 N–H and O–H groups in total. The number of hydrogen-bond acceptors (Lipinski definition) is 6. The van der Waals surface area contributed by atoms with Crippen molar-refractivity contribution in [3.05, 3.63) is 34.4 Å². The van der Waals surface area contributed by atoms with Gasteiger partial charge in [-0.2, -0.15) is 4.98 Å². The number of nitrogens with zero attached hydrogens (tertiary/aromatic N) is 2. The summed E-state index contributed by atoms with van der Waals surface area (Å²) in [6, 6.07) is 3.70. The van der Waals surface area contributed by atoms with E-state index in [-0.39, 0.29) is 6.61 Å². The SMILES string of the molecule is CNCc1cc(Cl)c(OCc2nc(C)no2)c(OC)c1. The fourth-order valence-electron chi connectivity index (χ4n) is 1.75. The molecule has 0 radical (unpaired) electrons. The zero-order valence-corrected chi connectivity index (χ0v) is 12.3. The second-order valence-electron chi connectivity index (χ2n) is 4.16. The lowest BCUT2D eigenvalue weighted by Crippen LogP contribution is -2.06. The van der Waals surface area contributed by atoms with E-state index < -0.39 is 0 Å². The zero-order valence-electron chi connectivity index (χ0n) is 11.6. The monoisotopic (exact) mass is 297 g/mol. The lowest BCUT2D eigenvalue weighted by molar-refractivity contribution is 0.233. The van der Waals surface area contributed by atoms with E-state index in [0.29, 0.717) is 34.8 Å². The lowest BCUT2D eigenvalue weighted by Gasteiger charge is -2.13. The molecule has 0 saturated heterocycles. The fraction of sp³-hybridized carbons (Fsp3) is 0.385. The van der Waals surface area contributed by atoms with Crippen LogP contribution in [0.1, 0.15) is 17.3 Å². The Balaban J connectivity index is 2.17. The molecule has 1 aromatic heterocycles. The molecular formula is C13H16ClN3O3. The summed E-state index contributed by atoms with van der Waals surface area (Å²) in [4.78, 5) is 4.06. The summed E-state index contributed by atoms with van der Waals surface area (Å²) in [6.07, 6.45) is 0. The molecule has 108 valence electrons. The molecule has 0 unspecified atom stereocenters. The van der Waals surface area contributed by atoms with Crippen molar-refractivity contribution in [2.45, 2.75) is 20.1 Å². The first kappa shape index (κ1) is 14.6. The first-order valence-corrected chi connectivity index (χ1v) is 6.44. The first-order chi connectivity index (χ1) is 9.63. The number of methoxy groups -OCH3 is 1. The van der Waals surface area contributed by atoms with Crippen molar-refractivity contribution in [3.63, 3.8) is 0 Å². The Kier molecular flexibility index (Phi) is 4.81. The molecule has 0 aliphatic heterocycles. The number of aryl methyl sites for hydroxylation is 1. The van der Waals surface area contributed by atoms with Gasteiger partial charge in [0, 0.05) is 6.54 Å². The summed E-state index contributed by atoms with van der Waals surface area (Å²) < 4.78 is 15.9. The molecule has 0 fully saturated rings. The minimum atomic E-state index is 0.141. The van der Waals surface area contributed by atoms with Gasteiger partial charge in [-0.25, -0.2) is 0 Å². The molecule has 7 heteroatoms. The molecule has 2 aromatic rings. The van der Waals surface area contributed by atoms with Gasteiger partial charge in [-0.15, -0.1) is 0 Å². The van der Waals surface area contributed by atoms with Gasteiger partial charge in [0.15, 0.2) is 23.9 Å². The van der Waals surface area contributed by atoms with Crippen molar-refractivity contribution in [2.75, 3.05) is 14.2 Å². The van der Waals surface area contributed by atoms with E-state index in [2.05, 4.69) is 15.5 Å². The number of hydrogen-bond donors (Lipinski definition) is 1. The van der Waals surface area contributed by atoms with Crippen LogP contribution in [0.25, 0.3) is 0 Å². The van der Waals surface area contributed by atoms with Crippen molar-refractivity contribution in [2.24, 2.45) is 0 Å². The van der Waals surface area contributed by atoms with Crippen LogP contribution in [0, 0.1) is 6.92 Å². The third-order valence-corrected chi connectivity index (χ3v) is 2.86. The van der Waals surface area contributed by atoms with E-state index in [1.807, 2.05) is 19.2 Å². The van der Waals surface area contributed by atoms with Gasteiger partial charge >= 0.3 is 0 Å². The fourth-order valence-corrected chi connectivity index (χ4v) is 2.04. The molecule has 0 atom stereocenters. The molecule has 0 spiro atoms. The van der Waals surface area contributed by atoms with E-state index in [1.54, 1.807) is 14.0 Å². The number of rotatable bonds is 6. The molecule has 0 bridgehead atoms. The molecule has 0 aliphatic rings.